The van der Waals surface area contributed by atoms with Gasteiger partial charge < -0.3 is 0 Å². The molecule has 7 nitrogen and oxygen atoms in total. The van der Waals surface area contributed by atoms with Gasteiger partial charge in [0.2, 0.25) is 0 Å². The summed E-state index contributed by atoms with van der Waals surface area (Å²) in [5.74, 6) is 1.24. The van der Waals surface area contributed by atoms with E-state index >= 15 is 0 Å². The lowest BCUT2D eigenvalue weighted by atomic mass is 9.77. The molecule has 1 aromatic heterocycles. The molecule has 0 saturated heterocycles. The van der Waals surface area contributed by atoms with Crippen LogP contribution in [0.25, 0.3) is 0 Å². The zero-order valence-corrected chi connectivity index (χ0v) is 24.1. The second-order valence-corrected chi connectivity index (χ2v) is 11.0. The molecule has 0 bridgehead atoms. The van der Waals surface area contributed by atoms with E-state index in [0.29, 0.717) is 11.7 Å². The summed E-state index contributed by atoms with van der Waals surface area (Å²) in [7, 11) is -2.87. The van der Waals surface area contributed by atoms with Gasteiger partial charge >= 0.3 is 8.25 Å². The van der Waals surface area contributed by atoms with Crippen LogP contribution in [-0.4, -0.2) is 29.7 Å². The fraction of sp³-hybridized carbons (Fsp3) is 0.300. The summed E-state index contributed by atoms with van der Waals surface area (Å²) in [4.78, 5) is 31.2. The molecule has 3 aromatic carbocycles. The first-order valence-electron chi connectivity index (χ1n) is 12.9. The van der Waals surface area contributed by atoms with Gasteiger partial charge in [-0.05, 0) is 29.0 Å². The molecule has 0 spiro atoms. The Balaban J connectivity index is 0.000000983. The highest BCUT2D eigenvalue weighted by molar-refractivity contribution is 8.13. The Bertz CT molecular complexity index is 1220. The quantitative estimate of drug-likeness (QED) is 0.160. The first kappa shape index (κ1) is 30.4. The summed E-state index contributed by atoms with van der Waals surface area (Å²) in [6, 6.07) is 31.4. The van der Waals surface area contributed by atoms with Crippen LogP contribution in [0.4, 0.5) is 0 Å². The standard InChI is InChI=1S/C30H33N3OS.HO3P/c1-4-24(5-2)21-28(35-23(3)34)29-31-22-33(32-29)30(25-15-9-6-10-16-25,26-17-11-7-12-18-26)27-19-13-8-14-20-27;1-4(2)3/h6-20,22,24,28H,4-5,21H2,1-3H3;(H-,1,2,3)/p+1. The number of carbonyl (C=O) groups is 1. The third-order valence-corrected chi connectivity index (χ3v) is 7.75. The molecule has 0 aliphatic rings. The van der Waals surface area contributed by atoms with Crippen LogP contribution in [-0.2, 0) is 14.9 Å². The average Bonchev–Trinajstić information content (AvgIpc) is 3.43. The Hall–Kier alpha value is -3.16. The molecule has 204 valence electrons. The second-order valence-electron chi connectivity index (χ2n) is 9.12. The smallest absolute Gasteiger partial charge is 0.288 e. The van der Waals surface area contributed by atoms with Crippen LogP contribution in [0.1, 0.15) is 67.8 Å². The summed E-state index contributed by atoms with van der Waals surface area (Å²) in [6.45, 7) is 6.05. The van der Waals surface area contributed by atoms with Crippen molar-refractivity contribution in [3.05, 3.63) is 120 Å². The maximum absolute atomic E-state index is 12.2. The third kappa shape index (κ3) is 7.70. The van der Waals surface area contributed by atoms with E-state index in [-0.39, 0.29) is 10.4 Å². The zero-order chi connectivity index (χ0) is 28.3. The molecule has 2 N–H and O–H groups in total. The van der Waals surface area contributed by atoms with Gasteiger partial charge in [0.15, 0.2) is 10.9 Å². The number of rotatable bonds is 10. The molecule has 39 heavy (non-hydrogen) atoms. The highest BCUT2D eigenvalue weighted by Gasteiger charge is 2.40. The maximum Gasteiger partial charge on any atom is 0.692 e. The summed E-state index contributed by atoms with van der Waals surface area (Å²) in [5, 5.41) is 5.14. The molecule has 0 aliphatic heterocycles. The normalized spacial score (nSPS) is 11.9. The van der Waals surface area contributed by atoms with E-state index in [2.05, 4.69) is 86.6 Å². The van der Waals surface area contributed by atoms with Crippen LogP contribution >= 0.6 is 20.0 Å². The van der Waals surface area contributed by atoms with Gasteiger partial charge in [-0.3, -0.25) is 4.79 Å². The number of hydrogen-bond donors (Lipinski definition) is 2. The summed E-state index contributed by atoms with van der Waals surface area (Å²) < 4.78 is 10.7. The topological polar surface area (TPSA) is 105 Å². The number of carbonyl (C=O) groups excluding carboxylic acids is 1. The van der Waals surface area contributed by atoms with E-state index < -0.39 is 13.8 Å². The van der Waals surface area contributed by atoms with Gasteiger partial charge in [0.25, 0.3) is 0 Å². The Morgan fingerprint density at radius 1 is 0.872 bits per heavy atom. The fourth-order valence-electron chi connectivity index (χ4n) is 4.85. The van der Waals surface area contributed by atoms with E-state index in [1.807, 2.05) is 29.2 Å². The molecule has 9 heteroatoms. The van der Waals surface area contributed by atoms with Crippen molar-refractivity contribution in [3.8, 4) is 0 Å². The minimum Gasteiger partial charge on any atom is -0.288 e. The molecule has 0 radical (unpaired) electrons. The van der Waals surface area contributed by atoms with Crippen molar-refractivity contribution in [1.82, 2.24) is 14.8 Å². The second kappa shape index (κ2) is 14.8. The molecular weight excluding hydrogens is 529 g/mol. The van der Waals surface area contributed by atoms with Crippen molar-refractivity contribution in [2.75, 3.05) is 0 Å². The van der Waals surface area contributed by atoms with E-state index in [1.54, 1.807) is 6.92 Å². The van der Waals surface area contributed by atoms with Gasteiger partial charge in [0.05, 0.1) is 5.25 Å². The van der Waals surface area contributed by atoms with E-state index in [4.69, 9.17) is 24.4 Å². The van der Waals surface area contributed by atoms with Gasteiger partial charge in [0, 0.05) is 11.5 Å². The molecule has 1 heterocycles. The molecular formula is C30H35N3O4PS+. The predicted molar refractivity (Wildman–Crippen MR) is 156 cm³/mol. The minimum absolute atomic E-state index is 0.0707. The number of nitrogens with zero attached hydrogens (tertiary/aromatic N) is 3. The lowest BCUT2D eigenvalue weighted by Gasteiger charge is -2.36. The minimum atomic E-state index is -2.87. The summed E-state index contributed by atoms with van der Waals surface area (Å²) in [6.07, 6.45) is 4.88. The molecule has 0 saturated carbocycles. The summed E-state index contributed by atoms with van der Waals surface area (Å²) in [5.41, 5.74) is 2.61. The van der Waals surface area contributed by atoms with Crippen molar-refractivity contribution >= 4 is 25.1 Å². The molecule has 0 fully saturated rings. The molecule has 1 atom stereocenters. The van der Waals surface area contributed by atoms with Crippen molar-refractivity contribution in [3.63, 3.8) is 0 Å². The van der Waals surface area contributed by atoms with Gasteiger partial charge in [-0.25, -0.2) is 9.67 Å². The van der Waals surface area contributed by atoms with Crippen LogP contribution < -0.4 is 0 Å². The van der Waals surface area contributed by atoms with Crippen molar-refractivity contribution in [1.29, 1.82) is 0 Å². The van der Waals surface area contributed by atoms with Crippen LogP contribution in [0, 0.1) is 5.92 Å². The van der Waals surface area contributed by atoms with Crippen molar-refractivity contribution < 1.29 is 19.1 Å². The Labute approximate surface area is 235 Å². The third-order valence-electron chi connectivity index (χ3n) is 6.73. The first-order valence-corrected chi connectivity index (χ1v) is 15.0. The first-order chi connectivity index (χ1) is 18.8. The number of hydrogen-bond acceptors (Lipinski definition) is 5. The van der Waals surface area contributed by atoms with Crippen molar-refractivity contribution in [2.45, 2.75) is 50.8 Å². The van der Waals surface area contributed by atoms with Gasteiger partial charge in [-0.2, -0.15) is 5.10 Å². The van der Waals surface area contributed by atoms with Gasteiger partial charge in [-0.1, -0.05) is 129 Å². The Kier molecular flexibility index (Phi) is 11.6. The van der Waals surface area contributed by atoms with Crippen LogP contribution in [0.5, 0.6) is 0 Å². The summed E-state index contributed by atoms with van der Waals surface area (Å²) >= 11 is 1.35. The zero-order valence-electron chi connectivity index (χ0n) is 22.4. The fourth-order valence-corrected chi connectivity index (χ4v) is 5.83. The van der Waals surface area contributed by atoms with Gasteiger partial charge in [0.1, 0.15) is 11.9 Å². The largest absolute Gasteiger partial charge is 0.692 e. The maximum atomic E-state index is 12.2. The lowest BCUT2D eigenvalue weighted by molar-refractivity contribution is -0.109. The molecule has 4 rings (SSSR count). The van der Waals surface area contributed by atoms with Crippen LogP contribution in [0.3, 0.4) is 0 Å². The highest BCUT2D eigenvalue weighted by Crippen LogP contribution is 2.41. The van der Waals surface area contributed by atoms with Crippen LogP contribution in [0.2, 0.25) is 0 Å². The number of thioether (sulfide) groups is 1. The Morgan fingerprint density at radius 2 is 1.28 bits per heavy atom. The molecule has 0 amide bonds. The van der Waals surface area contributed by atoms with Crippen molar-refractivity contribution in [2.24, 2.45) is 5.92 Å². The highest BCUT2D eigenvalue weighted by atomic mass is 32.2. The molecule has 4 aromatic rings. The lowest BCUT2D eigenvalue weighted by Crippen LogP contribution is -2.38. The molecule has 0 aliphatic carbocycles. The number of benzene rings is 3. The van der Waals surface area contributed by atoms with Gasteiger partial charge in [-0.15, -0.1) is 9.79 Å². The van der Waals surface area contributed by atoms with E-state index in [1.165, 1.54) is 11.8 Å². The van der Waals surface area contributed by atoms with E-state index in [9.17, 15) is 4.79 Å². The average molecular weight is 565 g/mol. The predicted octanol–water partition coefficient (Wildman–Crippen LogP) is 6.89. The Morgan fingerprint density at radius 3 is 1.64 bits per heavy atom. The molecule has 1 unspecified atom stereocenters. The van der Waals surface area contributed by atoms with E-state index in [0.717, 1.165) is 36.0 Å². The van der Waals surface area contributed by atoms with Crippen LogP contribution in [0.15, 0.2) is 97.3 Å². The SMILES string of the molecule is CCC(CC)CC(SC(C)=O)c1ncn(C(c2ccccc2)(c2ccccc2)c2ccccc2)n1.O=[P+](O)O. The monoisotopic (exact) mass is 564 g/mol. The number of aromatic nitrogens is 3.